The number of hydrogen-bond acceptors (Lipinski definition) is 3. The average Bonchev–Trinajstić information content (AvgIpc) is 2.86. The van der Waals surface area contributed by atoms with Crippen molar-refractivity contribution in [3.05, 3.63) is 70.4 Å². The van der Waals surface area contributed by atoms with Crippen molar-refractivity contribution >= 4 is 34.8 Å². The summed E-state index contributed by atoms with van der Waals surface area (Å²) in [7, 11) is 0. The van der Waals surface area contributed by atoms with Crippen LogP contribution in [-0.2, 0) is 9.59 Å². The Balaban J connectivity index is 2.04. The quantitative estimate of drug-likeness (QED) is 0.651. The Morgan fingerprint density at radius 2 is 1.44 bits per heavy atom. The van der Waals surface area contributed by atoms with Crippen LogP contribution in [0, 0.1) is 5.82 Å². The number of amides is 2. The van der Waals surface area contributed by atoms with Crippen LogP contribution in [0.3, 0.4) is 0 Å². The van der Waals surface area contributed by atoms with E-state index in [2.05, 4.69) is 13.8 Å². The molecule has 2 amide bonds. The number of carbonyl (C=O) groups excluding carboxylic acids is 2. The number of hydrogen-bond donors (Lipinski definition) is 0. The highest BCUT2D eigenvalue weighted by atomic mass is 32.2. The first-order valence-corrected chi connectivity index (χ1v) is 9.83. The molecule has 0 fully saturated rings. The number of nitrogens with zero attached hydrogens (tertiary/aromatic N) is 1. The second-order valence-electron chi connectivity index (χ2n) is 7.07. The van der Waals surface area contributed by atoms with Crippen molar-refractivity contribution in [1.82, 2.24) is 0 Å². The van der Waals surface area contributed by atoms with E-state index in [1.807, 2.05) is 26.0 Å². The van der Waals surface area contributed by atoms with Gasteiger partial charge in [0.05, 0.1) is 16.2 Å². The van der Waals surface area contributed by atoms with Crippen molar-refractivity contribution in [2.45, 2.75) is 38.9 Å². The Bertz CT molecular complexity index is 899. The van der Waals surface area contributed by atoms with Crippen LogP contribution in [0.15, 0.2) is 53.4 Å². The van der Waals surface area contributed by atoms with Gasteiger partial charge in [-0.25, -0.2) is 9.29 Å². The molecule has 2 aromatic rings. The van der Waals surface area contributed by atoms with Gasteiger partial charge in [0.15, 0.2) is 0 Å². The molecule has 0 aliphatic carbocycles. The number of carbonyl (C=O) groups is 2. The summed E-state index contributed by atoms with van der Waals surface area (Å²) in [6.07, 6.45) is 0. The van der Waals surface area contributed by atoms with Gasteiger partial charge in [-0.05, 0) is 41.3 Å². The molecule has 0 atom stereocenters. The van der Waals surface area contributed by atoms with Gasteiger partial charge in [0.2, 0.25) is 0 Å². The SMILES string of the molecule is CC(C)SC1=C(c2ccc(F)cc2)C(=O)N(c2ccc(C(C)C)cc2)C1=O. The third-order valence-corrected chi connectivity index (χ3v) is 5.43. The van der Waals surface area contributed by atoms with E-state index in [4.69, 9.17) is 0 Å². The smallest absolute Gasteiger partial charge is 0.268 e. The molecule has 0 unspecified atom stereocenters. The normalized spacial score (nSPS) is 14.9. The summed E-state index contributed by atoms with van der Waals surface area (Å²) in [5.41, 5.74) is 2.58. The second kappa shape index (κ2) is 7.69. The Morgan fingerprint density at radius 3 is 1.96 bits per heavy atom. The molecule has 0 bridgehead atoms. The minimum absolute atomic E-state index is 0.135. The van der Waals surface area contributed by atoms with Crippen LogP contribution in [0.2, 0.25) is 0 Å². The van der Waals surface area contributed by atoms with E-state index in [1.165, 1.54) is 28.8 Å². The molecule has 0 saturated heterocycles. The molecule has 1 aliphatic rings. The van der Waals surface area contributed by atoms with E-state index in [0.29, 0.717) is 27.6 Å². The number of anilines is 1. The molecule has 0 N–H and O–H groups in total. The molecule has 0 aromatic heterocycles. The number of rotatable bonds is 5. The summed E-state index contributed by atoms with van der Waals surface area (Å²) in [6.45, 7) is 8.12. The van der Waals surface area contributed by atoms with Gasteiger partial charge in [0, 0.05) is 5.25 Å². The van der Waals surface area contributed by atoms with Gasteiger partial charge in [0.1, 0.15) is 5.82 Å². The highest BCUT2D eigenvalue weighted by Gasteiger charge is 2.40. The summed E-state index contributed by atoms with van der Waals surface area (Å²) in [5.74, 6) is -0.707. The Labute approximate surface area is 163 Å². The predicted octanol–water partition coefficient (Wildman–Crippen LogP) is 5.38. The number of benzene rings is 2. The first-order valence-electron chi connectivity index (χ1n) is 8.95. The van der Waals surface area contributed by atoms with Crippen LogP contribution in [0.1, 0.15) is 44.7 Å². The van der Waals surface area contributed by atoms with Gasteiger partial charge in [0.25, 0.3) is 11.8 Å². The third-order valence-electron chi connectivity index (χ3n) is 4.35. The lowest BCUT2D eigenvalue weighted by Gasteiger charge is -2.16. The fourth-order valence-electron chi connectivity index (χ4n) is 2.97. The van der Waals surface area contributed by atoms with E-state index in [1.54, 1.807) is 24.3 Å². The molecule has 140 valence electrons. The van der Waals surface area contributed by atoms with Crippen LogP contribution in [0.5, 0.6) is 0 Å². The molecule has 1 aliphatic heterocycles. The zero-order chi connectivity index (χ0) is 19.7. The summed E-state index contributed by atoms with van der Waals surface area (Å²) < 4.78 is 13.3. The van der Waals surface area contributed by atoms with Gasteiger partial charge in [-0.15, -0.1) is 11.8 Å². The molecule has 0 saturated carbocycles. The van der Waals surface area contributed by atoms with E-state index < -0.39 is 0 Å². The van der Waals surface area contributed by atoms with E-state index in [0.717, 1.165) is 5.56 Å². The first-order chi connectivity index (χ1) is 12.8. The summed E-state index contributed by atoms with van der Waals surface area (Å²) in [5, 5.41) is 0.135. The van der Waals surface area contributed by atoms with Gasteiger partial charge < -0.3 is 0 Å². The maximum atomic E-state index is 13.3. The van der Waals surface area contributed by atoms with Crippen molar-refractivity contribution in [3.63, 3.8) is 0 Å². The third kappa shape index (κ3) is 3.83. The lowest BCUT2D eigenvalue weighted by Crippen LogP contribution is -2.31. The molecule has 27 heavy (non-hydrogen) atoms. The van der Waals surface area contributed by atoms with Gasteiger partial charge >= 0.3 is 0 Å². The fourth-order valence-corrected chi connectivity index (χ4v) is 3.96. The van der Waals surface area contributed by atoms with Crippen molar-refractivity contribution in [3.8, 4) is 0 Å². The largest absolute Gasteiger partial charge is 0.272 e. The van der Waals surface area contributed by atoms with Gasteiger partial charge in [-0.3, -0.25) is 9.59 Å². The Kier molecular flexibility index (Phi) is 5.51. The zero-order valence-electron chi connectivity index (χ0n) is 15.8. The lowest BCUT2D eigenvalue weighted by atomic mass is 10.0. The van der Waals surface area contributed by atoms with Crippen molar-refractivity contribution in [1.29, 1.82) is 0 Å². The van der Waals surface area contributed by atoms with Crippen molar-refractivity contribution in [2.24, 2.45) is 0 Å². The summed E-state index contributed by atoms with van der Waals surface area (Å²) in [4.78, 5) is 27.9. The van der Waals surface area contributed by atoms with Gasteiger partial charge in [-0.2, -0.15) is 0 Å². The van der Waals surface area contributed by atoms with E-state index >= 15 is 0 Å². The molecule has 1 heterocycles. The van der Waals surface area contributed by atoms with Crippen LogP contribution in [0.25, 0.3) is 5.57 Å². The average molecular weight is 383 g/mol. The molecular weight excluding hydrogens is 361 g/mol. The van der Waals surface area contributed by atoms with Crippen LogP contribution >= 0.6 is 11.8 Å². The Morgan fingerprint density at radius 1 is 0.852 bits per heavy atom. The fraction of sp³-hybridized carbons (Fsp3) is 0.273. The van der Waals surface area contributed by atoms with Crippen LogP contribution < -0.4 is 4.90 Å². The Hall–Kier alpha value is -2.40. The number of imide groups is 1. The molecule has 2 aromatic carbocycles. The highest BCUT2D eigenvalue weighted by molar-refractivity contribution is 8.04. The second-order valence-corrected chi connectivity index (χ2v) is 8.66. The minimum atomic E-state index is -0.379. The predicted molar refractivity (Wildman–Crippen MR) is 109 cm³/mol. The molecule has 0 radical (unpaired) electrons. The molecular formula is C22H22FNO2S. The zero-order valence-corrected chi connectivity index (χ0v) is 16.6. The summed E-state index contributed by atoms with van der Waals surface area (Å²) >= 11 is 1.36. The van der Waals surface area contributed by atoms with Crippen molar-refractivity contribution < 1.29 is 14.0 Å². The monoisotopic (exact) mass is 383 g/mol. The van der Waals surface area contributed by atoms with E-state index in [-0.39, 0.29) is 22.9 Å². The maximum absolute atomic E-state index is 13.3. The highest BCUT2D eigenvalue weighted by Crippen LogP contribution is 2.40. The standard InChI is InChI=1S/C22H22FNO2S/c1-13(2)15-7-11-18(12-8-15)24-21(25)19(16-5-9-17(23)10-6-16)20(22(24)26)27-14(3)4/h5-14H,1-4H3. The van der Waals surface area contributed by atoms with Crippen LogP contribution in [0.4, 0.5) is 10.1 Å². The van der Waals surface area contributed by atoms with Crippen LogP contribution in [-0.4, -0.2) is 17.1 Å². The first kappa shape index (κ1) is 19.4. The molecule has 5 heteroatoms. The molecule has 0 spiro atoms. The lowest BCUT2D eigenvalue weighted by molar-refractivity contribution is -0.119. The summed E-state index contributed by atoms with van der Waals surface area (Å²) in [6, 6.07) is 13.2. The van der Waals surface area contributed by atoms with E-state index in [9.17, 15) is 14.0 Å². The number of halogens is 1. The maximum Gasteiger partial charge on any atom is 0.272 e. The van der Waals surface area contributed by atoms with Crippen molar-refractivity contribution in [2.75, 3.05) is 4.90 Å². The minimum Gasteiger partial charge on any atom is -0.268 e. The van der Waals surface area contributed by atoms with Gasteiger partial charge in [-0.1, -0.05) is 52.0 Å². The molecule has 3 nitrogen and oxygen atoms in total. The number of thioether (sulfide) groups is 1. The molecule has 3 rings (SSSR count). The topological polar surface area (TPSA) is 37.4 Å².